The van der Waals surface area contributed by atoms with Crippen LogP contribution < -0.4 is 5.32 Å². The van der Waals surface area contributed by atoms with E-state index >= 15 is 0 Å². The molecule has 0 bridgehead atoms. The van der Waals surface area contributed by atoms with E-state index in [1.807, 2.05) is 0 Å². The fraction of sp³-hybridized carbons (Fsp3) is 0.278. The maximum Gasteiger partial charge on any atom is 0.352 e. The highest BCUT2D eigenvalue weighted by Gasteiger charge is 2.54. The molecule has 1 unspecified atom stereocenters. The first kappa shape index (κ1) is 24.9. The molecule has 36 heavy (non-hydrogen) atoms. The molecule has 2 atom stereocenters. The summed E-state index contributed by atoms with van der Waals surface area (Å²) in [5.74, 6) is -3.19. The minimum atomic E-state index is -1.31. The van der Waals surface area contributed by atoms with Crippen LogP contribution in [-0.4, -0.2) is 91.9 Å². The molecule has 4 rings (SSSR count). The Bertz CT molecular complexity index is 1340. The molecule has 188 valence electrons. The number of phenolic OH excluding ortho intramolecular Hbond substituents is 1. The van der Waals surface area contributed by atoms with Crippen LogP contribution in [0.15, 0.2) is 39.8 Å². The number of tetrazole rings is 1. The summed E-state index contributed by atoms with van der Waals surface area (Å²) >= 11 is 2.44. The molecule has 1 aromatic heterocycles. The minimum Gasteiger partial charge on any atom is -0.502 e. The number of carbonyl (C=O) groups excluding carboxylic acids is 2. The van der Waals surface area contributed by atoms with Crippen molar-refractivity contribution < 1.29 is 34.7 Å². The Morgan fingerprint density at radius 2 is 2.17 bits per heavy atom. The van der Waals surface area contributed by atoms with Crippen molar-refractivity contribution in [3.63, 3.8) is 0 Å². The average Bonchev–Trinajstić information content (AvgIpc) is 3.26. The molecular formula is C18H16N8O8S2. The van der Waals surface area contributed by atoms with Crippen molar-refractivity contribution in [2.45, 2.75) is 16.6 Å². The molecule has 3 heterocycles. The topological polar surface area (TPSA) is 226 Å². The van der Waals surface area contributed by atoms with Gasteiger partial charge >= 0.3 is 11.7 Å². The Morgan fingerprint density at radius 1 is 1.42 bits per heavy atom. The number of aromatic nitrogens is 4. The number of β-lactam (4-membered cyclic amide) rings is 1. The number of phenols is 1. The zero-order valence-corrected chi connectivity index (χ0v) is 19.8. The molecule has 2 aliphatic heterocycles. The Balaban J connectivity index is 1.50. The van der Waals surface area contributed by atoms with Gasteiger partial charge in [-0.15, -0.1) is 16.9 Å². The van der Waals surface area contributed by atoms with Crippen molar-refractivity contribution in [2.75, 3.05) is 11.5 Å². The van der Waals surface area contributed by atoms with Gasteiger partial charge in [-0.3, -0.25) is 24.6 Å². The van der Waals surface area contributed by atoms with Gasteiger partial charge in [0.1, 0.15) is 17.1 Å². The number of aromatic hydroxyl groups is 1. The number of nitro benzene ring substituents is 1. The standard InChI is InChI=1S/C18H16N8O8S2/c1-24-18(20-22-23-24)36-6-8-5-35-16-12(15(29)25(16)13(8)17(30)31)19-14(28)11(21-32)7-2-3-10(27)9(4-7)26(33)34/h2-4,12,16,27,32H,5-6H2,1H3,(H,19,28)(H,30,31)/t12?,16-/m0/s1. The summed E-state index contributed by atoms with van der Waals surface area (Å²) in [6.07, 6.45) is 0. The number of rotatable bonds is 8. The van der Waals surface area contributed by atoms with Crippen LogP contribution in [0.2, 0.25) is 0 Å². The highest BCUT2D eigenvalue weighted by molar-refractivity contribution is 8.01. The fourth-order valence-electron chi connectivity index (χ4n) is 3.55. The lowest BCUT2D eigenvalue weighted by atomic mass is 10.0. The van der Waals surface area contributed by atoms with Gasteiger partial charge in [-0.25, -0.2) is 9.48 Å². The van der Waals surface area contributed by atoms with E-state index in [1.165, 1.54) is 28.2 Å². The number of hydrogen-bond donors (Lipinski definition) is 4. The fourth-order valence-corrected chi connectivity index (χ4v) is 5.89. The second kappa shape index (κ2) is 9.82. The van der Waals surface area contributed by atoms with Crippen LogP contribution in [0.1, 0.15) is 5.56 Å². The van der Waals surface area contributed by atoms with Gasteiger partial charge in [0.05, 0.1) is 4.92 Å². The summed E-state index contributed by atoms with van der Waals surface area (Å²) in [7, 11) is 1.63. The SMILES string of the molecule is Cn1nnnc1SCC1=C(C(=O)O)N2C(=O)C(NC(=O)C(=NO)c3ccc(O)c([N+](=O)[O-])c3)[C@@H]2SC1. The molecule has 2 amide bonds. The molecule has 1 fully saturated rings. The summed E-state index contributed by atoms with van der Waals surface area (Å²) in [4.78, 5) is 48.8. The minimum absolute atomic E-state index is 0.178. The molecule has 0 aliphatic carbocycles. The smallest absolute Gasteiger partial charge is 0.352 e. The molecule has 0 radical (unpaired) electrons. The van der Waals surface area contributed by atoms with Crippen LogP contribution in [0, 0.1) is 10.1 Å². The van der Waals surface area contributed by atoms with E-state index in [0.29, 0.717) is 10.7 Å². The Kier molecular flexibility index (Phi) is 6.80. The number of aryl methyl sites for hydroxylation is 1. The summed E-state index contributed by atoms with van der Waals surface area (Å²) < 4.78 is 1.42. The average molecular weight is 537 g/mol. The van der Waals surface area contributed by atoms with Crippen LogP contribution in [0.4, 0.5) is 5.69 Å². The number of thioether (sulfide) groups is 2. The number of carboxylic acids is 1. The van der Waals surface area contributed by atoms with E-state index in [-0.39, 0.29) is 22.8 Å². The first-order valence-corrected chi connectivity index (χ1v) is 11.9. The first-order chi connectivity index (χ1) is 17.1. The lowest BCUT2D eigenvalue weighted by Gasteiger charge is -2.49. The number of carbonyl (C=O) groups is 3. The third-order valence-corrected chi connectivity index (χ3v) is 7.69. The van der Waals surface area contributed by atoms with Crippen molar-refractivity contribution in [1.29, 1.82) is 0 Å². The number of hydrogen-bond acceptors (Lipinski definition) is 13. The third-order valence-electron chi connectivity index (χ3n) is 5.25. The van der Waals surface area contributed by atoms with Crippen molar-refractivity contribution in [1.82, 2.24) is 30.4 Å². The first-order valence-electron chi connectivity index (χ1n) is 9.89. The van der Waals surface area contributed by atoms with E-state index in [2.05, 4.69) is 26.0 Å². The van der Waals surface area contributed by atoms with E-state index < -0.39 is 51.3 Å². The van der Waals surface area contributed by atoms with Gasteiger partial charge in [0.15, 0.2) is 11.5 Å². The zero-order chi connectivity index (χ0) is 26.1. The van der Waals surface area contributed by atoms with E-state index in [4.69, 9.17) is 0 Å². The van der Waals surface area contributed by atoms with Gasteiger partial charge in [-0.1, -0.05) is 16.9 Å². The molecule has 1 saturated heterocycles. The number of aliphatic carboxylic acids is 1. The van der Waals surface area contributed by atoms with E-state index in [0.717, 1.165) is 23.1 Å². The molecule has 2 aliphatic rings. The molecule has 18 heteroatoms. The van der Waals surface area contributed by atoms with Crippen molar-refractivity contribution in [3.8, 4) is 5.75 Å². The second-order valence-electron chi connectivity index (χ2n) is 7.40. The molecular weight excluding hydrogens is 520 g/mol. The number of carboxylic acid groups (broad SMARTS) is 1. The monoisotopic (exact) mass is 536 g/mol. The predicted molar refractivity (Wildman–Crippen MR) is 122 cm³/mol. The van der Waals surface area contributed by atoms with Gasteiger partial charge in [0.2, 0.25) is 5.16 Å². The largest absolute Gasteiger partial charge is 0.502 e. The number of nitrogens with zero attached hydrogens (tertiary/aromatic N) is 7. The second-order valence-corrected chi connectivity index (χ2v) is 9.45. The molecule has 1 aromatic carbocycles. The molecule has 0 spiro atoms. The van der Waals surface area contributed by atoms with Crippen LogP contribution in [0.5, 0.6) is 5.75 Å². The van der Waals surface area contributed by atoms with E-state index in [1.54, 1.807) is 7.05 Å². The summed E-state index contributed by atoms with van der Waals surface area (Å²) in [5.41, 5.74) is -1.24. The number of amides is 2. The number of oxime groups is 1. The molecule has 16 nitrogen and oxygen atoms in total. The van der Waals surface area contributed by atoms with Gasteiger partial charge < -0.3 is 20.7 Å². The van der Waals surface area contributed by atoms with Crippen LogP contribution >= 0.6 is 23.5 Å². The molecule has 0 saturated carbocycles. The summed E-state index contributed by atoms with van der Waals surface area (Å²) in [6.45, 7) is 0. The Morgan fingerprint density at radius 3 is 2.78 bits per heavy atom. The van der Waals surface area contributed by atoms with Crippen LogP contribution in [0.25, 0.3) is 0 Å². The Labute approximate surface area is 209 Å². The van der Waals surface area contributed by atoms with E-state index in [9.17, 15) is 39.9 Å². The number of benzene rings is 1. The van der Waals surface area contributed by atoms with Gasteiger partial charge in [0, 0.05) is 30.2 Å². The Hall–Kier alpha value is -4.19. The maximum absolute atomic E-state index is 12.8. The van der Waals surface area contributed by atoms with Crippen molar-refractivity contribution >= 4 is 52.7 Å². The van der Waals surface area contributed by atoms with Crippen molar-refractivity contribution in [2.24, 2.45) is 12.2 Å². The molecule has 4 N–H and O–H groups in total. The lowest BCUT2D eigenvalue weighted by Crippen LogP contribution is -2.71. The van der Waals surface area contributed by atoms with Crippen molar-refractivity contribution in [3.05, 3.63) is 45.1 Å². The number of nitro groups is 1. The highest BCUT2D eigenvalue weighted by Crippen LogP contribution is 2.41. The van der Waals surface area contributed by atoms with Gasteiger partial charge in [-0.2, -0.15) is 0 Å². The zero-order valence-electron chi connectivity index (χ0n) is 18.1. The van der Waals surface area contributed by atoms with Gasteiger partial charge in [-0.05, 0) is 28.1 Å². The maximum atomic E-state index is 12.8. The highest BCUT2D eigenvalue weighted by atomic mass is 32.2. The molecule has 2 aromatic rings. The predicted octanol–water partition coefficient (Wildman–Crippen LogP) is -0.467. The number of fused-ring (bicyclic) bond motifs is 1. The summed E-state index contributed by atoms with van der Waals surface area (Å²) in [6, 6.07) is 1.80. The number of nitrogens with one attached hydrogen (secondary N) is 1. The van der Waals surface area contributed by atoms with Crippen LogP contribution in [0.3, 0.4) is 0 Å². The van der Waals surface area contributed by atoms with Gasteiger partial charge in [0.25, 0.3) is 11.8 Å². The van der Waals surface area contributed by atoms with Crippen LogP contribution in [-0.2, 0) is 21.4 Å². The normalized spacial score (nSPS) is 19.5. The third kappa shape index (κ3) is 4.42. The lowest BCUT2D eigenvalue weighted by molar-refractivity contribution is -0.385. The quantitative estimate of drug-likeness (QED) is 0.0837. The summed E-state index contributed by atoms with van der Waals surface area (Å²) in [5, 5.41) is 55.8.